The molecule has 0 aliphatic carbocycles. The van der Waals surface area contributed by atoms with Gasteiger partial charge < -0.3 is 15.0 Å². The molecule has 2 rings (SSSR count). The summed E-state index contributed by atoms with van der Waals surface area (Å²) in [7, 11) is 0. The van der Waals surface area contributed by atoms with Gasteiger partial charge in [-0.15, -0.1) is 0 Å². The Morgan fingerprint density at radius 1 is 1.20 bits per heavy atom. The fourth-order valence-corrected chi connectivity index (χ4v) is 2.93. The third kappa shape index (κ3) is 3.97. The third-order valence-electron chi connectivity index (χ3n) is 4.08. The van der Waals surface area contributed by atoms with Crippen molar-refractivity contribution >= 4 is 5.69 Å². The zero-order valence-corrected chi connectivity index (χ0v) is 13.1. The van der Waals surface area contributed by atoms with Crippen LogP contribution < -0.4 is 10.2 Å². The molecule has 0 radical (unpaired) electrons. The SMILES string of the molecule is CCNCC1CCC(CN(CC)c2ccccc2C)O1. The molecule has 1 aliphatic rings. The van der Waals surface area contributed by atoms with E-state index >= 15 is 0 Å². The number of rotatable bonds is 7. The van der Waals surface area contributed by atoms with Crippen molar-refractivity contribution < 1.29 is 4.74 Å². The first-order valence-corrected chi connectivity index (χ1v) is 7.91. The molecule has 1 N–H and O–H groups in total. The van der Waals surface area contributed by atoms with Crippen LogP contribution in [-0.2, 0) is 4.74 Å². The van der Waals surface area contributed by atoms with Crippen LogP contribution in [0.4, 0.5) is 5.69 Å². The minimum atomic E-state index is 0.373. The molecule has 3 nitrogen and oxygen atoms in total. The van der Waals surface area contributed by atoms with E-state index in [4.69, 9.17) is 4.74 Å². The van der Waals surface area contributed by atoms with E-state index in [1.165, 1.54) is 24.1 Å². The van der Waals surface area contributed by atoms with E-state index in [1.807, 2.05) is 0 Å². The molecule has 0 amide bonds. The molecule has 2 atom stereocenters. The van der Waals surface area contributed by atoms with Crippen LogP contribution in [0.5, 0.6) is 0 Å². The molecule has 0 saturated carbocycles. The van der Waals surface area contributed by atoms with Crippen molar-refractivity contribution in [3.8, 4) is 0 Å². The number of anilines is 1. The Kier molecular flexibility index (Phi) is 5.86. The molecule has 1 aliphatic heterocycles. The lowest BCUT2D eigenvalue weighted by Gasteiger charge is -2.28. The predicted molar refractivity (Wildman–Crippen MR) is 85.5 cm³/mol. The molecule has 1 heterocycles. The number of benzene rings is 1. The number of likely N-dealkylation sites (N-methyl/N-ethyl adjacent to an activating group) is 2. The van der Waals surface area contributed by atoms with Crippen molar-refractivity contribution in [2.75, 3.05) is 31.1 Å². The molecule has 0 spiro atoms. The lowest BCUT2D eigenvalue weighted by molar-refractivity contribution is 0.0498. The molecule has 1 aromatic rings. The first kappa shape index (κ1) is 15.3. The van der Waals surface area contributed by atoms with Crippen molar-refractivity contribution in [3.05, 3.63) is 29.8 Å². The minimum absolute atomic E-state index is 0.373. The van der Waals surface area contributed by atoms with Crippen LogP contribution in [-0.4, -0.2) is 38.4 Å². The predicted octanol–water partition coefficient (Wildman–Crippen LogP) is 2.98. The average molecular weight is 276 g/mol. The molecule has 3 heteroatoms. The highest BCUT2D eigenvalue weighted by molar-refractivity contribution is 5.52. The first-order chi connectivity index (χ1) is 9.74. The molecular formula is C17H28N2O. The number of hydrogen-bond donors (Lipinski definition) is 1. The zero-order valence-electron chi connectivity index (χ0n) is 13.1. The highest BCUT2D eigenvalue weighted by atomic mass is 16.5. The van der Waals surface area contributed by atoms with E-state index in [2.05, 4.69) is 55.3 Å². The monoisotopic (exact) mass is 276 g/mol. The minimum Gasteiger partial charge on any atom is -0.372 e. The number of nitrogens with one attached hydrogen (secondary N) is 1. The Bertz CT molecular complexity index is 408. The molecule has 0 bridgehead atoms. The number of ether oxygens (including phenoxy) is 1. The number of hydrogen-bond acceptors (Lipinski definition) is 3. The van der Waals surface area contributed by atoms with E-state index < -0.39 is 0 Å². The van der Waals surface area contributed by atoms with Gasteiger partial charge in [-0.2, -0.15) is 0 Å². The van der Waals surface area contributed by atoms with Gasteiger partial charge in [0.1, 0.15) is 0 Å². The summed E-state index contributed by atoms with van der Waals surface area (Å²) in [6.45, 7) is 10.6. The van der Waals surface area contributed by atoms with E-state index in [9.17, 15) is 0 Å². The third-order valence-corrected chi connectivity index (χ3v) is 4.08. The normalized spacial score (nSPS) is 22.1. The van der Waals surface area contributed by atoms with Crippen LogP contribution in [0, 0.1) is 6.92 Å². The van der Waals surface area contributed by atoms with Gasteiger partial charge in [0.05, 0.1) is 12.2 Å². The smallest absolute Gasteiger partial charge is 0.0755 e. The van der Waals surface area contributed by atoms with Crippen LogP contribution >= 0.6 is 0 Å². The van der Waals surface area contributed by atoms with Gasteiger partial charge in [-0.05, 0) is 44.9 Å². The Labute approximate surface area is 123 Å². The quantitative estimate of drug-likeness (QED) is 0.828. The highest BCUT2D eigenvalue weighted by Crippen LogP contribution is 2.24. The molecule has 112 valence electrons. The lowest BCUT2D eigenvalue weighted by atomic mass is 10.1. The Balaban J connectivity index is 1.90. The molecule has 1 aromatic carbocycles. The van der Waals surface area contributed by atoms with Crippen LogP contribution in [0.2, 0.25) is 0 Å². The van der Waals surface area contributed by atoms with Gasteiger partial charge in [-0.3, -0.25) is 0 Å². The Hall–Kier alpha value is -1.06. The maximum atomic E-state index is 6.15. The summed E-state index contributed by atoms with van der Waals surface area (Å²) < 4.78 is 6.15. The standard InChI is InChI=1S/C17H28N2O/c1-4-18-12-15-10-11-16(20-15)13-19(5-2)17-9-7-6-8-14(17)3/h6-9,15-16,18H,4-5,10-13H2,1-3H3. The van der Waals surface area contributed by atoms with Crippen LogP contribution in [0.15, 0.2) is 24.3 Å². The highest BCUT2D eigenvalue weighted by Gasteiger charge is 2.26. The van der Waals surface area contributed by atoms with E-state index in [0.29, 0.717) is 12.2 Å². The zero-order chi connectivity index (χ0) is 14.4. The van der Waals surface area contributed by atoms with Gasteiger partial charge in [0, 0.05) is 25.3 Å². The first-order valence-electron chi connectivity index (χ1n) is 7.91. The summed E-state index contributed by atoms with van der Waals surface area (Å²) in [6, 6.07) is 8.62. The molecule has 2 unspecified atom stereocenters. The number of nitrogens with zero attached hydrogens (tertiary/aromatic N) is 1. The van der Waals surface area contributed by atoms with Gasteiger partial charge in [-0.25, -0.2) is 0 Å². The van der Waals surface area contributed by atoms with Gasteiger partial charge in [0.2, 0.25) is 0 Å². The second-order valence-corrected chi connectivity index (χ2v) is 5.59. The van der Waals surface area contributed by atoms with Crippen LogP contribution in [0.3, 0.4) is 0 Å². The van der Waals surface area contributed by atoms with Crippen LogP contribution in [0.1, 0.15) is 32.3 Å². The fraction of sp³-hybridized carbons (Fsp3) is 0.647. The van der Waals surface area contributed by atoms with Gasteiger partial charge >= 0.3 is 0 Å². The van der Waals surface area contributed by atoms with Gasteiger partial charge in [-0.1, -0.05) is 25.1 Å². The fourth-order valence-electron chi connectivity index (χ4n) is 2.93. The van der Waals surface area contributed by atoms with Gasteiger partial charge in [0.25, 0.3) is 0 Å². The summed E-state index contributed by atoms with van der Waals surface area (Å²) in [4.78, 5) is 2.44. The van der Waals surface area contributed by atoms with Crippen molar-refractivity contribution in [2.45, 2.75) is 45.8 Å². The average Bonchev–Trinajstić information content (AvgIpc) is 2.91. The summed E-state index contributed by atoms with van der Waals surface area (Å²) >= 11 is 0. The van der Waals surface area contributed by atoms with E-state index in [0.717, 1.165) is 26.2 Å². The summed E-state index contributed by atoms with van der Waals surface area (Å²) in [5.41, 5.74) is 2.69. The molecule has 20 heavy (non-hydrogen) atoms. The lowest BCUT2D eigenvalue weighted by Crippen LogP contribution is -2.34. The summed E-state index contributed by atoms with van der Waals surface area (Å²) in [6.07, 6.45) is 3.13. The Morgan fingerprint density at radius 2 is 1.95 bits per heavy atom. The molecule has 1 saturated heterocycles. The van der Waals surface area contributed by atoms with Crippen molar-refractivity contribution in [1.82, 2.24) is 5.32 Å². The second-order valence-electron chi connectivity index (χ2n) is 5.59. The number of aryl methyl sites for hydroxylation is 1. The van der Waals surface area contributed by atoms with E-state index in [1.54, 1.807) is 0 Å². The maximum absolute atomic E-state index is 6.15. The largest absolute Gasteiger partial charge is 0.372 e. The maximum Gasteiger partial charge on any atom is 0.0755 e. The molecule has 0 aromatic heterocycles. The number of para-hydroxylation sites is 1. The van der Waals surface area contributed by atoms with Crippen molar-refractivity contribution in [1.29, 1.82) is 0 Å². The van der Waals surface area contributed by atoms with Crippen molar-refractivity contribution in [2.24, 2.45) is 0 Å². The topological polar surface area (TPSA) is 24.5 Å². The van der Waals surface area contributed by atoms with Crippen LogP contribution in [0.25, 0.3) is 0 Å². The van der Waals surface area contributed by atoms with Crippen molar-refractivity contribution in [3.63, 3.8) is 0 Å². The Morgan fingerprint density at radius 3 is 2.65 bits per heavy atom. The van der Waals surface area contributed by atoms with Gasteiger partial charge in [0.15, 0.2) is 0 Å². The summed E-state index contributed by atoms with van der Waals surface area (Å²) in [5, 5.41) is 3.38. The van der Waals surface area contributed by atoms with E-state index in [-0.39, 0.29) is 0 Å². The second kappa shape index (κ2) is 7.65. The molecule has 1 fully saturated rings. The summed E-state index contributed by atoms with van der Waals surface area (Å²) in [5.74, 6) is 0. The molecular weight excluding hydrogens is 248 g/mol.